The van der Waals surface area contributed by atoms with E-state index in [9.17, 15) is 18.0 Å². The van der Waals surface area contributed by atoms with Gasteiger partial charge in [-0.3, -0.25) is 13.9 Å². The first kappa shape index (κ1) is 32.5. The first-order chi connectivity index (χ1) is 20.8. The van der Waals surface area contributed by atoms with Gasteiger partial charge in [0.2, 0.25) is 11.8 Å². The largest absolute Gasteiger partial charge is 0.350 e. The van der Waals surface area contributed by atoms with Gasteiger partial charge in [-0.2, -0.15) is 0 Å². The highest BCUT2D eigenvalue weighted by molar-refractivity contribution is 7.92. The molecule has 0 aliphatic heterocycles. The van der Waals surface area contributed by atoms with Crippen molar-refractivity contribution in [3.05, 3.63) is 131 Å². The van der Waals surface area contributed by atoms with Gasteiger partial charge in [0.15, 0.2) is 0 Å². The van der Waals surface area contributed by atoms with Crippen molar-refractivity contribution in [1.82, 2.24) is 10.2 Å². The van der Waals surface area contributed by atoms with Crippen molar-refractivity contribution in [2.24, 2.45) is 0 Å². The summed E-state index contributed by atoms with van der Waals surface area (Å²) in [5.74, 6) is -0.798. The Kier molecular flexibility index (Phi) is 10.3. The molecule has 0 aromatic heterocycles. The van der Waals surface area contributed by atoms with Gasteiger partial charge in [0.25, 0.3) is 10.0 Å². The molecule has 0 spiro atoms. The monoisotopic (exact) mass is 611 g/mol. The number of nitrogens with zero attached hydrogens (tertiary/aromatic N) is 2. The molecule has 1 atom stereocenters. The van der Waals surface area contributed by atoms with Crippen LogP contribution in [0.1, 0.15) is 43.0 Å². The molecule has 1 N–H and O–H groups in total. The van der Waals surface area contributed by atoms with E-state index in [1.807, 2.05) is 107 Å². The average Bonchev–Trinajstić information content (AvgIpc) is 2.98. The zero-order valence-corrected chi connectivity index (χ0v) is 26.8. The summed E-state index contributed by atoms with van der Waals surface area (Å²) in [6, 6.07) is 31.6. The maximum atomic E-state index is 14.5. The standard InChI is InChI=1S/C36H41N3O4S/c1-27-21-22-32(28(2)23-27)39(44(42,43)31-19-13-8-14-20-31)26-34(40)38(25-30-17-11-7-12-18-30)33(35(41)37-36(3,4)5)24-29-15-9-6-10-16-29/h6-23,33H,24-26H2,1-5H3,(H,37,41)/t33-/m1/s1. The molecule has 0 aliphatic rings. The van der Waals surface area contributed by atoms with Crippen LogP contribution in [0.5, 0.6) is 0 Å². The lowest BCUT2D eigenvalue weighted by atomic mass is 10.0. The van der Waals surface area contributed by atoms with E-state index < -0.39 is 34.1 Å². The molecule has 2 amide bonds. The Labute approximate surface area is 261 Å². The Balaban J connectivity index is 1.82. The molecule has 0 heterocycles. The fourth-order valence-electron chi connectivity index (χ4n) is 5.11. The highest BCUT2D eigenvalue weighted by Gasteiger charge is 2.36. The summed E-state index contributed by atoms with van der Waals surface area (Å²) < 4.78 is 29.5. The molecule has 0 radical (unpaired) electrons. The molecule has 230 valence electrons. The molecule has 4 aromatic rings. The van der Waals surface area contributed by atoms with Crippen molar-refractivity contribution in [2.45, 2.75) is 64.1 Å². The van der Waals surface area contributed by atoms with Crippen LogP contribution < -0.4 is 9.62 Å². The Morgan fingerprint density at radius 3 is 1.86 bits per heavy atom. The Bertz CT molecular complexity index is 1670. The summed E-state index contributed by atoms with van der Waals surface area (Å²) in [6.45, 7) is 9.08. The molecule has 4 aromatic carbocycles. The molecule has 7 nitrogen and oxygen atoms in total. The molecule has 0 unspecified atom stereocenters. The number of aryl methyl sites for hydroxylation is 2. The maximum Gasteiger partial charge on any atom is 0.264 e. The van der Waals surface area contributed by atoms with Crippen molar-refractivity contribution in [1.29, 1.82) is 0 Å². The van der Waals surface area contributed by atoms with Gasteiger partial charge < -0.3 is 10.2 Å². The predicted octanol–water partition coefficient (Wildman–Crippen LogP) is 6.05. The number of nitrogens with one attached hydrogen (secondary N) is 1. The number of rotatable bonds is 11. The SMILES string of the molecule is Cc1ccc(N(CC(=O)N(Cc2ccccc2)[C@H](Cc2ccccc2)C(=O)NC(C)(C)C)S(=O)(=O)c2ccccc2)c(C)c1. The summed E-state index contributed by atoms with van der Waals surface area (Å²) in [5.41, 5.74) is 3.27. The maximum absolute atomic E-state index is 14.5. The van der Waals surface area contributed by atoms with E-state index in [-0.39, 0.29) is 23.8 Å². The molecule has 44 heavy (non-hydrogen) atoms. The van der Waals surface area contributed by atoms with Crippen molar-refractivity contribution >= 4 is 27.5 Å². The number of amides is 2. The second-order valence-corrected chi connectivity index (χ2v) is 13.9. The first-order valence-corrected chi connectivity index (χ1v) is 16.1. The predicted molar refractivity (Wildman–Crippen MR) is 176 cm³/mol. The molecule has 0 aliphatic carbocycles. The summed E-state index contributed by atoms with van der Waals surface area (Å²) >= 11 is 0. The minimum Gasteiger partial charge on any atom is -0.350 e. The van der Waals surface area contributed by atoms with E-state index >= 15 is 0 Å². The zero-order chi connectivity index (χ0) is 31.9. The van der Waals surface area contributed by atoms with E-state index in [1.165, 1.54) is 21.3 Å². The van der Waals surface area contributed by atoms with Crippen molar-refractivity contribution < 1.29 is 18.0 Å². The minimum absolute atomic E-state index is 0.0775. The van der Waals surface area contributed by atoms with Crippen LogP contribution in [-0.2, 0) is 32.6 Å². The third-order valence-corrected chi connectivity index (χ3v) is 8.97. The van der Waals surface area contributed by atoms with Gasteiger partial charge in [0.1, 0.15) is 12.6 Å². The number of anilines is 1. The molecule has 0 bridgehead atoms. The Morgan fingerprint density at radius 2 is 1.32 bits per heavy atom. The molecule has 4 rings (SSSR count). The number of sulfonamides is 1. The number of hydrogen-bond acceptors (Lipinski definition) is 4. The van der Waals surface area contributed by atoms with Gasteiger partial charge in [-0.05, 0) is 69.5 Å². The highest BCUT2D eigenvalue weighted by atomic mass is 32.2. The normalized spacial score (nSPS) is 12.3. The molecular formula is C36H41N3O4S. The van der Waals surface area contributed by atoms with Crippen LogP contribution >= 0.6 is 0 Å². The van der Waals surface area contributed by atoms with E-state index in [2.05, 4.69) is 5.32 Å². The van der Waals surface area contributed by atoms with Crippen molar-refractivity contribution in [2.75, 3.05) is 10.8 Å². The van der Waals surface area contributed by atoms with Crippen LogP contribution in [0.25, 0.3) is 0 Å². The number of hydrogen-bond donors (Lipinski definition) is 1. The second kappa shape index (κ2) is 13.9. The van der Waals surface area contributed by atoms with Gasteiger partial charge in [-0.25, -0.2) is 8.42 Å². The van der Waals surface area contributed by atoms with Crippen LogP contribution in [0, 0.1) is 13.8 Å². The summed E-state index contributed by atoms with van der Waals surface area (Å²) in [5, 5.41) is 3.05. The van der Waals surface area contributed by atoms with Crippen LogP contribution in [0.2, 0.25) is 0 Å². The fraction of sp³-hybridized carbons (Fsp3) is 0.278. The van der Waals surface area contributed by atoms with Gasteiger partial charge in [0.05, 0.1) is 10.6 Å². The van der Waals surface area contributed by atoms with Crippen LogP contribution in [-0.4, -0.2) is 43.3 Å². The second-order valence-electron chi connectivity index (χ2n) is 12.1. The van der Waals surface area contributed by atoms with Crippen molar-refractivity contribution in [3.8, 4) is 0 Å². The number of carbonyl (C=O) groups excluding carboxylic acids is 2. The third kappa shape index (κ3) is 8.35. The number of carbonyl (C=O) groups is 2. The lowest BCUT2D eigenvalue weighted by molar-refractivity contribution is -0.140. The smallest absolute Gasteiger partial charge is 0.264 e. The van der Waals surface area contributed by atoms with Crippen LogP contribution in [0.3, 0.4) is 0 Å². The molecule has 0 saturated carbocycles. The summed E-state index contributed by atoms with van der Waals surface area (Å²) in [7, 11) is -4.14. The first-order valence-electron chi connectivity index (χ1n) is 14.7. The van der Waals surface area contributed by atoms with Gasteiger partial charge >= 0.3 is 0 Å². The lowest BCUT2D eigenvalue weighted by Gasteiger charge is -2.35. The highest BCUT2D eigenvalue weighted by Crippen LogP contribution is 2.28. The van der Waals surface area contributed by atoms with Crippen LogP contribution in [0.15, 0.2) is 114 Å². The zero-order valence-electron chi connectivity index (χ0n) is 26.0. The lowest BCUT2D eigenvalue weighted by Crippen LogP contribution is -2.56. The third-order valence-electron chi connectivity index (χ3n) is 7.20. The van der Waals surface area contributed by atoms with Gasteiger partial charge in [0, 0.05) is 18.5 Å². The summed E-state index contributed by atoms with van der Waals surface area (Å²) in [6.07, 6.45) is 0.260. The van der Waals surface area contributed by atoms with E-state index in [0.717, 1.165) is 22.3 Å². The topological polar surface area (TPSA) is 86.8 Å². The average molecular weight is 612 g/mol. The molecular weight excluding hydrogens is 570 g/mol. The van der Waals surface area contributed by atoms with Gasteiger partial charge in [-0.1, -0.05) is 96.6 Å². The quantitative estimate of drug-likeness (QED) is 0.224. The van der Waals surface area contributed by atoms with E-state index in [0.29, 0.717) is 5.69 Å². The Hall–Kier alpha value is -4.43. The van der Waals surface area contributed by atoms with E-state index in [1.54, 1.807) is 24.3 Å². The minimum atomic E-state index is -4.14. The summed E-state index contributed by atoms with van der Waals surface area (Å²) in [4.78, 5) is 30.0. The molecule has 0 saturated heterocycles. The van der Waals surface area contributed by atoms with Crippen molar-refractivity contribution in [3.63, 3.8) is 0 Å². The molecule has 0 fully saturated rings. The molecule has 8 heteroatoms. The van der Waals surface area contributed by atoms with Gasteiger partial charge in [-0.15, -0.1) is 0 Å². The van der Waals surface area contributed by atoms with E-state index in [4.69, 9.17) is 0 Å². The fourth-order valence-corrected chi connectivity index (χ4v) is 6.60. The van der Waals surface area contributed by atoms with Crippen LogP contribution in [0.4, 0.5) is 5.69 Å². The number of benzene rings is 4. The Morgan fingerprint density at radius 1 is 0.773 bits per heavy atom.